The fourth-order valence-electron chi connectivity index (χ4n) is 3.98. The van der Waals surface area contributed by atoms with Gasteiger partial charge in [-0.05, 0) is 64.2 Å². The Morgan fingerprint density at radius 2 is 1.13 bits per heavy atom. The molecule has 3 heterocycles. The van der Waals surface area contributed by atoms with E-state index in [1.807, 2.05) is 0 Å². The van der Waals surface area contributed by atoms with Gasteiger partial charge in [0.05, 0.1) is 6.26 Å². The molecule has 5 nitrogen and oxygen atoms in total. The maximum Gasteiger partial charge on any atom is 0.267 e. The molecule has 0 unspecified atom stereocenters. The minimum Gasteiger partial charge on any atom is -0.203 e. The SMILES string of the molecule is C[C@H]1CC[C@H](C)P1c1nn(S(C)(=O)=O)nc1P1[C@@H](C)CC[C@@H]1C. The molecule has 4 atom stereocenters. The maximum absolute atomic E-state index is 12.0. The summed E-state index contributed by atoms with van der Waals surface area (Å²) in [6.07, 6.45) is 6.09. The van der Waals surface area contributed by atoms with Gasteiger partial charge in [-0.2, -0.15) is 0 Å². The van der Waals surface area contributed by atoms with Gasteiger partial charge in [0.25, 0.3) is 10.0 Å². The third-order valence-electron chi connectivity index (χ3n) is 5.25. The number of hydrogen-bond donors (Lipinski definition) is 0. The van der Waals surface area contributed by atoms with Crippen molar-refractivity contribution in [3.8, 4) is 0 Å². The fraction of sp³-hybridized carbons (Fsp3) is 0.867. The molecule has 3 rings (SSSR count). The Hall–Kier alpha value is -0.0500. The van der Waals surface area contributed by atoms with Crippen LogP contribution in [0.2, 0.25) is 0 Å². The standard InChI is InChI=1S/C15H27N3O2P2S/c1-10-6-7-11(2)21(10)14-15(17-18(16-14)23(5,19)20)22-12(3)8-9-13(22)4/h10-13H,6-9H2,1-5H3/t10-,11-,12-,13-/m0/s1. The molecule has 1 aromatic heterocycles. The highest BCUT2D eigenvalue weighted by atomic mass is 32.2. The van der Waals surface area contributed by atoms with E-state index in [0.717, 1.165) is 15.1 Å². The van der Waals surface area contributed by atoms with Crippen molar-refractivity contribution >= 4 is 36.7 Å². The number of hydrogen-bond acceptors (Lipinski definition) is 4. The summed E-state index contributed by atoms with van der Waals surface area (Å²) in [7, 11) is -4.23. The molecule has 2 aliphatic heterocycles. The Kier molecular flexibility index (Phi) is 4.90. The molecule has 1 aromatic rings. The molecule has 8 heteroatoms. The van der Waals surface area contributed by atoms with Gasteiger partial charge in [-0.3, -0.25) is 0 Å². The molecule has 23 heavy (non-hydrogen) atoms. The van der Waals surface area contributed by atoms with Crippen molar-refractivity contribution in [1.29, 1.82) is 0 Å². The van der Waals surface area contributed by atoms with Gasteiger partial charge >= 0.3 is 0 Å². The quantitative estimate of drug-likeness (QED) is 0.762. The van der Waals surface area contributed by atoms with E-state index in [2.05, 4.69) is 37.9 Å². The molecule has 130 valence electrons. The lowest BCUT2D eigenvalue weighted by Crippen LogP contribution is -2.29. The second kappa shape index (κ2) is 6.35. The van der Waals surface area contributed by atoms with Crippen molar-refractivity contribution < 1.29 is 8.42 Å². The third-order valence-corrected chi connectivity index (χ3v) is 12.6. The summed E-state index contributed by atoms with van der Waals surface area (Å²) >= 11 is 0. The minimum absolute atomic E-state index is 0.407. The van der Waals surface area contributed by atoms with Crippen LogP contribution in [0.15, 0.2) is 0 Å². The van der Waals surface area contributed by atoms with Crippen molar-refractivity contribution in [2.24, 2.45) is 0 Å². The molecule has 0 radical (unpaired) electrons. The molecule has 2 aliphatic rings. The highest BCUT2D eigenvalue weighted by Crippen LogP contribution is 2.58. The fourth-order valence-corrected chi connectivity index (χ4v) is 11.3. The first kappa shape index (κ1) is 17.8. The van der Waals surface area contributed by atoms with E-state index < -0.39 is 25.9 Å². The Morgan fingerprint density at radius 3 is 1.39 bits per heavy atom. The number of rotatable bonds is 3. The lowest BCUT2D eigenvalue weighted by Gasteiger charge is -2.24. The van der Waals surface area contributed by atoms with Crippen molar-refractivity contribution in [3.63, 3.8) is 0 Å². The molecule has 0 spiro atoms. The topological polar surface area (TPSA) is 64.8 Å². The lowest BCUT2D eigenvalue weighted by atomic mass is 10.2. The summed E-state index contributed by atoms with van der Waals surface area (Å²) in [6, 6.07) is 0. The summed E-state index contributed by atoms with van der Waals surface area (Å²) in [5.74, 6) is 0. The molecular weight excluding hydrogens is 348 g/mol. The average molecular weight is 375 g/mol. The molecule has 2 saturated heterocycles. The highest BCUT2D eigenvalue weighted by molar-refractivity contribution is 7.89. The summed E-state index contributed by atoms with van der Waals surface area (Å²) in [6.45, 7) is 9.20. The van der Waals surface area contributed by atoms with Crippen LogP contribution in [0.3, 0.4) is 0 Å². The zero-order chi connectivity index (χ0) is 16.9. The van der Waals surface area contributed by atoms with Crippen LogP contribution in [0.1, 0.15) is 53.4 Å². The van der Waals surface area contributed by atoms with Crippen molar-refractivity contribution in [1.82, 2.24) is 14.4 Å². The molecule has 0 N–H and O–H groups in total. The highest BCUT2D eigenvalue weighted by Gasteiger charge is 2.41. The predicted molar refractivity (Wildman–Crippen MR) is 99.7 cm³/mol. The van der Waals surface area contributed by atoms with Crippen molar-refractivity contribution in [3.05, 3.63) is 0 Å². The van der Waals surface area contributed by atoms with E-state index in [0.29, 0.717) is 22.6 Å². The predicted octanol–water partition coefficient (Wildman–Crippen LogP) is 2.44. The number of nitrogens with zero attached hydrogens (tertiary/aromatic N) is 3. The monoisotopic (exact) mass is 375 g/mol. The van der Waals surface area contributed by atoms with Gasteiger partial charge < -0.3 is 0 Å². The van der Waals surface area contributed by atoms with E-state index >= 15 is 0 Å². The summed E-state index contributed by atoms with van der Waals surface area (Å²) < 4.78 is 25.0. The average Bonchev–Trinajstić information content (AvgIpc) is 3.09. The minimum atomic E-state index is -3.42. The van der Waals surface area contributed by atoms with Crippen LogP contribution in [0, 0.1) is 0 Å². The van der Waals surface area contributed by atoms with E-state index in [-0.39, 0.29) is 0 Å². The van der Waals surface area contributed by atoms with Gasteiger partial charge in [0.2, 0.25) is 0 Å². The molecule has 0 aromatic carbocycles. The van der Waals surface area contributed by atoms with Crippen LogP contribution in [0.5, 0.6) is 0 Å². The Bertz CT molecular complexity index is 629. The summed E-state index contributed by atoms with van der Waals surface area (Å²) in [5.41, 5.74) is 4.57. The normalized spacial score (nSPS) is 33.6. The smallest absolute Gasteiger partial charge is 0.203 e. The maximum atomic E-state index is 12.0. The summed E-state index contributed by atoms with van der Waals surface area (Å²) in [4.78, 5) is 0. The second-order valence-electron chi connectivity index (χ2n) is 7.20. The van der Waals surface area contributed by atoms with Crippen molar-refractivity contribution in [2.45, 2.75) is 76.0 Å². The molecular formula is C15H27N3O2P2S. The zero-order valence-electron chi connectivity index (χ0n) is 14.6. The van der Waals surface area contributed by atoms with Crippen LogP contribution >= 0.6 is 15.8 Å². The first-order chi connectivity index (χ1) is 10.7. The Morgan fingerprint density at radius 1 is 0.826 bits per heavy atom. The van der Waals surface area contributed by atoms with E-state index in [4.69, 9.17) is 0 Å². The third kappa shape index (κ3) is 3.24. The largest absolute Gasteiger partial charge is 0.267 e. The van der Waals surface area contributed by atoms with Crippen LogP contribution in [-0.4, -0.2) is 51.7 Å². The molecule has 2 fully saturated rings. The number of aromatic nitrogens is 3. The first-order valence-electron chi connectivity index (χ1n) is 8.44. The Labute approximate surface area is 142 Å². The van der Waals surface area contributed by atoms with Crippen LogP contribution in [0.4, 0.5) is 0 Å². The van der Waals surface area contributed by atoms with E-state index in [9.17, 15) is 8.42 Å². The molecule has 0 saturated carbocycles. The first-order valence-corrected chi connectivity index (χ1v) is 13.3. The van der Waals surface area contributed by atoms with Crippen LogP contribution < -0.4 is 10.9 Å². The lowest BCUT2D eigenvalue weighted by molar-refractivity contribution is 0.576. The van der Waals surface area contributed by atoms with Gasteiger partial charge in [-0.15, -0.1) is 10.2 Å². The van der Waals surface area contributed by atoms with Crippen molar-refractivity contribution in [2.75, 3.05) is 6.26 Å². The second-order valence-corrected chi connectivity index (χ2v) is 15.0. The van der Waals surface area contributed by atoms with Gasteiger partial charge in [0.15, 0.2) is 0 Å². The van der Waals surface area contributed by atoms with E-state index in [1.54, 1.807) is 0 Å². The summed E-state index contributed by atoms with van der Waals surface area (Å²) in [5, 5.41) is 9.08. The molecule has 0 amide bonds. The van der Waals surface area contributed by atoms with Crippen LogP contribution in [0.25, 0.3) is 0 Å². The van der Waals surface area contributed by atoms with Gasteiger partial charge in [-0.25, -0.2) is 8.42 Å². The zero-order valence-corrected chi connectivity index (χ0v) is 17.2. The molecule has 0 bridgehead atoms. The van der Waals surface area contributed by atoms with Crippen LogP contribution in [-0.2, 0) is 10.0 Å². The van der Waals surface area contributed by atoms with Gasteiger partial charge in [0, 0.05) is 0 Å². The van der Waals surface area contributed by atoms with Gasteiger partial charge in [-0.1, -0.05) is 31.9 Å². The van der Waals surface area contributed by atoms with Gasteiger partial charge in [0.1, 0.15) is 10.9 Å². The van der Waals surface area contributed by atoms with E-state index in [1.165, 1.54) is 31.9 Å². The molecule has 0 aliphatic carbocycles. The Balaban J connectivity index is 2.12.